The summed E-state index contributed by atoms with van der Waals surface area (Å²) in [5.41, 5.74) is 5.27. The Morgan fingerprint density at radius 2 is 1.69 bits per heavy atom. The first-order valence-electron chi connectivity index (χ1n) is 5.32. The maximum absolute atomic E-state index is 9.79. The SMILES string of the molecule is Cc1cc(C)c(-c2ncccc2O)cc1C. The molecule has 2 heteroatoms. The normalized spacial score (nSPS) is 10.4. The Labute approximate surface area is 95.6 Å². The molecule has 0 radical (unpaired) electrons. The minimum atomic E-state index is 0.230. The van der Waals surface area contributed by atoms with Gasteiger partial charge in [-0.3, -0.25) is 4.98 Å². The zero-order chi connectivity index (χ0) is 11.7. The first-order chi connectivity index (χ1) is 7.59. The molecule has 82 valence electrons. The van der Waals surface area contributed by atoms with Crippen molar-refractivity contribution in [1.29, 1.82) is 0 Å². The van der Waals surface area contributed by atoms with Gasteiger partial charge in [-0.2, -0.15) is 0 Å². The fourth-order valence-electron chi connectivity index (χ4n) is 1.82. The minimum Gasteiger partial charge on any atom is -0.506 e. The quantitative estimate of drug-likeness (QED) is 0.787. The second-order valence-electron chi connectivity index (χ2n) is 4.12. The van der Waals surface area contributed by atoms with Crippen molar-refractivity contribution < 1.29 is 5.11 Å². The summed E-state index contributed by atoms with van der Waals surface area (Å²) in [4.78, 5) is 4.23. The van der Waals surface area contributed by atoms with Crippen molar-refractivity contribution in [2.24, 2.45) is 0 Å². The largest absolute Gasteiger partial charge is 0.506 e. The highest BCUT2D eigenvalue weighted by Crippen LogP contribution is 2.30. The lowest BCUT2D eigenvalue weighted by Crippen LogP contribution is -1.91. The molecule has 0 amide bonds. The first-order valence-corrected chi connectivity index (χ1v) is 5.32. The fraction of sp³-hybridized carbons (Fsp3) is 0.214. The number of pyridine rings is 1. The topological polar surface area (TPSA) is 33.1 Å². The summed E-state index contributed by atoms with van der Waals surface area (Å²) in [6.07, 6.45) is 1.70. The van der Waals surface area contributed by atoms with Crippen molar-refractivity contribution in [2.45, 2.75) is 20.8 Å². The van der Waals surface area contributed by atoms with Crippen LogP contribution in [-0.4, -0.2) is 10.1 Å². The highest BCUT2D eigenvalue weighted by Gasteiger charge is 2.09. The third kappa shape index (κ3) is 1.78. The number of benzene rings is 1. The first kappa shape index (κ1) is 10.7. The van der Waals surface area contributed by atoms with Crippen molar-refractivity contribution in [2.75, 3.05) is 0 Å². The summed E-state index contributed by atoms with van der Waals surface area (Å²) < 4.78 is 0. The average molecular weight is 213 g/mol. The predicted molar refractivity (Wildman–Crippen MR) is 65.5 cm³/mol. The average Bonchev–Trinajstić information content (AvgIpc) is 2.25. The van der Waals surface area contributed by atoms with Gasteiger partial charge in [-0.1, -0.05) is 6.07 Å². The molecule has 0 atom stereocenters. The second-order valence-corrected chi connectivity index (χ2v) is 4.12. The number of aromatic nitrogens is 1. The van der Waals surface area contributed by atoms with E-state index in [0.29, 0.717) is 5.69 Å². The molecule has 0 spiro atoms. The van der Waals surface area contributed by atoms with E-state index in [4.69, 9.17) is 0 Å². The standard InChI is InChI=1S/C14H15NO/c1-9-7-11(3)12(8-10(9)2)14-13(16)5-4-6-15-14/h4-8,16H,1-3H3. The number of nitrogens with zero attached hydrogens (tertiary/aromatic N) is 1. The highest BCUT2D eigenvalue weighted by atomic mass is 16.3. The Morgan fingerprint density at radius 1 is 1.00 bits per heavy atom. The van der Waals surface area contributed by atoms with E-state index in [9.17, 15) is 5.11 Å². The highest BCUT2D eigenvalue weighted by molar-refractivity contribution is 5.70. The lowest BCUT2D eigenvalue weighted by atomic mass is 9.98. The van der Waals surface area contributed by atoms with E-state index in [1.165, 1.54) is 11.1 Å². The van der Waals surface area contributed by atoms with Gasteiger partial charge in [0.1, 0.15) is 11.4 Å². The molecule has 2 rings (SSSR count). The summed E-state index contributed by atoms with van der Waals surface area (Å²) >= 11 is 0. The van der Waals surface area contributed by atoms with Crippen LogP contribution in [0.1, 0.15) is 16.7 Å². The monoisotopic (exact) mass is 213 g/mol. The van der Waals surface area contributed by atoms with Crippen LogP contribution in [0.4, 0.5) is 0 Å². The number of hydrogen-bond acceptors (Lipinski definition) is 2. The van der Waals surface area contributed by atoms with Crippen molar-refractivity contribution in [3.63, 3.8) is 0 Å². The van der Waals surface area contributed by atoms with E-state index in [1.54, 1.807) is 18.3 Å². The van der Waals surface area contributed by atoms with Crippen LogP contribution < -0.4 is 0 Å². The van der Waals surface area contributed by atoms with Gasteiger partial charge in [0.05, 0.1) is 0 Å². The molecular formula is C14H15NO. The Balaban J connectivity index is 2.65. The summed E-state index contributed by atoms with van der Waals surface area (Å²) in [7, 11) is 0. The van der Waals surface area contributed by atoms with Crippen LogP contribution in [0.5, 0.6) is 5.75 Å². The summed E-state index contributed by atoms with van der Waals surface area (Å²) in [5, 5.41) is 9.79. The second kappa shape index (κ2) is 3.97. The molecule has 1 heterocycles. The lowest BCUT2D eigenvalue weighted by Gasteiger charge is -2.10. The Kier molecular flexibility index (Phi) is 2.65. The summed E-state index contributed by atoms with van der Waals surface area (Å²) in [5.74, 6) is 0.230. The van der Waals surface area contributed by atoms with Crippen LogP contribution >= 0.6 is 0 Å². The van der Waals surface area contributed by atoms with Crippen LogP contribution in [0.2, 0.25) is 0 Å². The Bertz CT molecular complexity index is 532. The molecule has 0 bridgehead atoms. The molecule has 0 fully saturated rings. The zero-order valence-corrected chi connectivity index (χ0v) is 9.78. The van der Waals surface area contributed by atoms with Crippen molar-refractivity contribution in [3.05, 3.63) is 47.2 Å². The van der Waals surface area contributed by atoms with Gasteiger partial charge in [-0.05, 0) is 55.7 Å². The predicted octanol–water partition coefficient (Wildman–Crippen LogP) is 3.38. The number of aryl methyl sites for hydroxylation is 3. The van der Waals surface area contributed by atoms with Gasteiger partial charge in [-0.15, -0.1) is 0 Å². The molecular weight excluding hydrogens is 198 g/mol. The van der Waals surface area contributed by atoms with Gasteiger partial charge in [0.2, 0.25) is 0 Å². The molecule has 2 aromatic rings. The Morgan fingerprint density at radius 3 is 2.38 bits per heavy atom. The molecule has 1 aromatic carbocycles. The number of hydrogen-bond donors (Lipinski definition) is 1. The van der Waals surface area contributed by atoms with Crippen LogP contribution in [0, 0.1) is 20.8 Å². The molecule has 0 aliphatic heterocycles. The van der Waals surface area contributed by atoms with Gasteiger partial charge in [-0.25, -0.2) is 0 Å². The van der Waals surface area contributed by atoms with Gasteiger partial charge in [0.25, 0.3) is 0 Å². The molecule has 1 aromatic heterocycles. The summed E-state index contributed by atoms with van der Waals surface area (Å²) in [6, 6.07) is 7.59. The minimum absolute atomic E-state index is 0.230. The van der Waals surface area contributed by atoms with E-state index in [0.717, 1.165) is 11.1 Å². The molecule has 0 unspecified atom stereocenters. The number of rotatable bonds is 1. The summed E-state index contributed by atoms with van der Waals surface area (Å²) in [6.45, 7) is 6.19. The van der Waals surface area contributed by atoms with Crippen molar-refractivity contribution in [3.8, 4) is 17.0 Å². The van der Waals surface area contributed by atoms with Crippen LogP contribution in [0.25, 0.3) is 11.3 Å². The molecule has 2 nitrogen and oxygen atoms in total. The third-order valence-corrected chi connectivity index (χ3v) is 2.88. The van der Waals surface area contributed by atoms with Crippen LogP contribution in [0.3, 0.4) is 0 Å². The van der Waals surface area contributed by atoms with Gasteiger partial charge >= 0.3 is 0 Å². The third-order valence-electron chi connectivity index (χ3n) is 2.88. The fourth-order valence-corrected chi connectivity index (χ4v) is 1.82. The Hall–Kier alpha value is -1.83. The van der Waals surface area contributed by atoms with Crippen molar-refractivity contribution in [1.82, 2.24) is 4.98 Å². The molecule has 0 aliphatic carbocycles. The van der Waals surface area contributed by atoms with Crippen molar-refractivity contribution >= 4 is 0 Å². The van der Waals surface area contributed by atoms with E-state index in [1.807, 2.05) is 6.92 Å². The van der Waals surface area contributed by atoms with Gasteiger partial charge in [0, 0.05) is 11.8 Å². The maximum Gasteiger partial charge on any atom is 0.141 e. The number of aromatic hydroxyl groups is 1. The van der Waals surface area contributed by atoms with E-state index < -0.39 is 0 Å². The van der Waals surface area contributed by atoms with Gasteiger partial charge < -0.3 is 5.11 Å². The van der Waals surface area contributed by atoms with Gasteiger partial charge in [0.15, 0.2) is 0 Å². The van der Waals surface area contributed by atoms with E-state index in [2.05, 4.69) is 31.0 Å². The molecule has 16 heavy (non-hydrogen) atoms. The molecule has 0 aliphatic rings. The van der Waals surface area contributed by atoms with Crippen LogP contribution in [0.15, 0.2) is 30.5 Å². The van der Waals surface area contributed by atoms with Crippen LogP contribution in [-0.2, 0) is 0 Å². The molecule has 0 saturated heterocycles. The lowest BCUT2D eigenvalue weighted by molar-refractivity contribution is 0.475. The van der Waals surface area contributed by atoms with E-state index >= 15 is 0 Å². The maximum atomic E-state index is 9.79. The molecule has 0 saturated carbocycles. The zero-order valence-electron chi connectivity index (χ0n) is 9.78. The smallest absolute Gasteiger partial charge is 0.141 e. The molecule has 1 N–H and O–H groups in total. The van der Waals surface area contributed by atoms with E-state index in [-0.39, 0.29) is 5.75 Å².